The molecule has 0 saturated heterocycles. The molecule has 0 fully saturated rings. The predicted molar refractivity (Wildman–Crippen MR) is 61.7 cm³/mol. The molecule has 0 saturated carbocycles. The lowest BCUT2D eigenvalue weighted by Gasteiger charge is -2.10. The van der Waals surface area contributed by atoms with Gasteiger partial charge in [0.05, 0.1) is 7.11 Å². The predicted octanol–water partition coefficient (Wildman–Crippen LogP) is 2.10. The number of nitrogens with two attached hydrogens (primary N) is 1. The lowest BCUT2D eigenvalue weighted by Crippen LogP contribution is -2.11. The van der Waals surface area contributed by atoms with Gasteiger partial charge in [-0.15, -0.1) is 0 Å². The number of benzene rings is 1. The molecule has 0 bridgehead atoms. The first kappa shape index (κ1) is 10.4. The number of aliphatic imine (C=N–C) groups is 1. The molecule has 1 aromatic rings. The lowest BCUT2D eigenvalue weighted by molar-refractivity contribution is 0.410. The molecule has 4 heteroatoms. The summed E-state index contributed by atoms with van der Waals surface area (Å²) in [5, 5.41) is 0. The van der Waals surface area contributed by atoms with E-state index in [1.54, 1.807) is 12.3 Å². The second kappa shape index (κ2) is 3.81. The summed E-state index contributed by atoms with van der Waals surface area (Å²) < 4.78 is 18.1. The normalized spacial score (nSPS) is 14.8. The zero-order valence-corrected chi connectivity index (χ0v) is 8.83. The van der Waals surface area contributed by atoms with Crippen molar-refractivity contribution in [3.8, 4) is 5.75 Å². The summed E-state index contributed by atoms with van der Waals surface area (Å²) in [7, 11) is 1.49. The van der Waals surface area contributed by atoms with Crippen molar-refractivity contribution in [3.05, 3.63) is 47.9 Å². The Bertz CT molecular complexity index is 518. The largest absolute Gasteiger partial charge is 0.496 e. The van der Waals surface area contributed by atoms with E-state index >= 15 is 0 Å². The van der Waals surface area contributed by atoms with E-state index < -0.39 is 0 Å². The SMILES string of the molecule is C=C1C(c2ccc(F)cc2OC)=CN=C1N. The maximum atomic E-state index is 13.0. The minimum Gasteiger partial charge on any atom is -0.496 e. The molecule has 2 rings (SSSR count). The number of hydrogen-bond acceptors (Lipinski definition) is 3. The van der Waals surface area contributed by atoms with E-state index in [2.05, 4.69) is 11.6 Å². The van der Waals surface area contributed by atoms with Crippen LogP contribution in [-0.4, -0.2) is 12.9 Å². The van der Waals surface area contributed by atoms with Crippen LogP contribution in [0.3, 0.4) is 0 Å². The van der Waals surface area contributed by atoms with E-state index in [0.29, 0.717) is 17.2 Å². The molecule has 1 aliphatic heterocycles. The van der Waals surface area contributed by atoms with Gasteiger partial charge in [0.25, 0.3) is 0 Å². The molecule has 0 spiro atoms. The number of amidine groups is 1. The van der Waals surface area contributed by atoms with Gasteiger partial charge in [-0.25, -0.2) is 9.38 Å². The van der Waals surface area contributed by atoms with Gasteiger partial charge in [-0.3, -0.25) is 0 Å². The fraction of sp³-hybridized carbons (Fsp3) is 0.0833. The number of halogens is 1. The summed E-state index contributed by atoms with van der Waals surface area (Å²) in [6.45, 7) is 3.82. The minimum atomic E-state index is -0.348. The van der Waals surface area contributed by atoms with Crippen molar-refractivity contribution in [1.82, 2.24) is 0 Å². The first-order valence-electron chi connectivity index (χ1n) is 4.70. The van der Waals surface area contributed by atoms with Crippen molar-refractivity contribution in [2.45, 2.75) is 0 Å². The van der Waals surface area contributed by atoms with Gasteiger partial charge in [0.2, 0.25) is 0 Å². The van der Waals surface area contributed by atoms with Gasteiger partial charge in [-0.05, 0) is 12.1 Å². The van der Waals surface area contributed by atoms with E-state index in [4.69, 9.17) is 10.5 Å². The molecule has 82 valence electrons. The van der Waals surface area contributed by atoms with Gasteiger partial charge in [0.15, 0.2) is 0 Å². The fourth-order valence-corrected chi connectivity index (χ4v) is 1.55. The molecule has 1 heterocycles. The maximum absolute atomic E-state index is 13.0. The van der Waals surface area contributed by atoms with Crippen molar-refractivity contribution in [1.29, 1.82) is 0 Å². The van der Waals surface area contributed by atoms with Crippen molar-refractivity contribution >= 4 is 11.4 Å². The molecule has 1 aliphatic rings. The Morgan fingerprint density at radius 2 is 2.19 bits per heavy atom. The van der Waals surface area contributed by atoms with Crippen LogP contribution >= 0.6 is 0 Å². The first-order valence-corrected chi connectivity index (χ1v) is 4.70. The summed E-state index contributed by atoms with van der Waals surface area (Å²) in [5.41, 5.74) is 7.73. The quantitative estimate of drug-likeness (QED) is 0.826. The molecule has 1 aromatic carbocycles. The zero-order valence-electron chi connectivity index (χ0n) is 8.83. The third kappa shape index (κ3) is 1.58. The van der Waals surface area contributed by atoms with Gasteiger partial charge < -0.3 is 10.5 Å². The Kier molecular flexibility index (Phi) is 2.48. The Hall–Kier alpha value is -2.10. The van der Waals surface area contributed by atoms with Crippen LogP contribution in [0.5, 0.6) is 5.75 Å². The van der Waals surface area contributed by atoms with Gasteiger partial charge in [0.1, 0.15) is 17.4 Å². The van der Waals surface area contributed by atoms with Gasteiger partial charge in [-0.2, -0.15) is 0 Å². The maximum Gasteiger partial charge on any atom is 0.130 e. The highest BCUT2D eigenvalue weighted by Gasteiger charge is 2.18. The third-order valence-electron chi connectivity index (χ3n) is 2.42. The number of rotatable bonds is 2. The van der Waals surface area contributed by atoms with Crippen LogP contribution in [0.4, 0.5) is 4.39 Å². The van der Waals surface area contributed by atoms with Crippen molar-refractivity contribution in [3.63, 3.8) is 0 Å². The van der Waals surface area contributed by atoms with Crippen LogP contribution in [0.1, 0.15) is 5.56 Å². The van der Waals surface area contributed by atoms with E-state index in [9.17, 15) is 4.39 Å². The van der Waals surface area contributed by atoms with Gasteiger partial charge in [-0.1, -0.05) is 6.58 Å². The molecule has 0 amide bonds. The van der Waals surface area contributed by atoms with Crippen molar-refractivity contribution < 1.29 is 9.13 Å². The van der Waals surface area contributed by atoms with Crippen LogP contribution in [-0.2, 0) is 0 Å². The lowest BCUT2D eigenvalue weighted by atomic mass is 10.00. The molecule has 0 aliphatic carbocycles. The summed E-state index contributed by atoms with van der Waals surface area (Å²) in [6.07, 6.45) is 1.60. The summed E-state index contributed by atoms with van der Waals surface area (Å²) in [5.74, 6) is 0.470. The molecule has 0 unspecified atom stereocenters. The molecule has 2 N–H and O–H groups in total. The second-order valence-corrected chi connectivity index (χ2v) is 3.38. The molecule has 0 radical (unpaired) electrons. The molecular weight excluding hydrogens is 207 g/mol. The third-order valence-corrected chi connectivity index (χ3v) is 2.42. The van der Waals surface area contributed by atoms with Crippen LogP contribution in [0.2, 0.25) is 0 Å². The number of hydrogen-bond donors (Lipinski definition) is 1. The average Bonchev–Trinajstić information content (AvgIpc) is 2.60. The smallest absolute Gasteiger partial charge is 0.130 e. The van der Waals surface area contributed by atoms with Crippen LogP contribution in [0.15, 0.2) is 41.5 Å². The Labute approximate surface area is 92.8 Å². The molecular formula is C12H11FN2O. The number of ether oxygens (including phenoxy) is 1. The molecule has 16 heavy (non-hydrogen) atoms. The first-order chi connectivity index (χ1) is 7.63. The Balaban J connectivity index is 2.47. The van der Waals surface area contributed by atoms with Crippen LogP contribution in [0, 0.1) is 5.82 Å². The second-order valence-electron chi connectivity index (χ2n) is 3.38. The van der Waals surface area contributed by atoms with Crippen molar-refractivity contribution in [2.75, 3.05) is 7.11 Å². The summed E-state index contributed by atoms with van der Waals surface area (Å²) in [4.78, 5) is 3.96. The zero-order chi connectivity index (χ0) is 11.7. The van der Waals surface area contributed by atoms with Crippen molar-refractivity contribution in [2.24, 2.45) is 10.7 Å². The van der Waals surface area contributed by atoms with Gasteiger partial charge >= 0.3 is 0 Å². The van der Waals surface area contributed by atoms with E-state index in [-0.39, 0.29) is 5.82 Å². The average molecular weight is 218 g/mol. The number of methoxy groups -OCH3 is 1. The van der Waals surface area contributed by atoms with E-state index in [1.165, 1.54) is 19.2 Å². The van der Waals surface area contributed by atoms with Gasteiger partial charge in [0, 0.05) is 29.0 Å². The monoisotopic (exact) mass is 218 g/mol. The standard InChI is InChI=1S/C12H11FN2O/c1-7-10(6-15-12(7)14)9-4-3-8(13)5-11(9)16-2/h3-6H,1H2,2H3,(H2,14,15). The Morgan fingerprint density at radius 3 is 2.75 bits per heavy atom. The molecule has 0 aromatic heterocycles. The Morgan fingerprint density at radius 1 is 1.44 bits per heavy atom. The topological polar surface area (TPSA) is 47.6 Å². The van der Waals surface area contributed by atoms with Crippen LogP contribution in [0.25, 0.3) is 5.57 Å². The highest BCUT2D eigenvalue weighted by Crippen LogP contribution is 2.33. The number of nitrogens with zero attached hydrogens (tertiary/aromatic N) is 1. The fourth-order valence-electron chi connectivity index (χ4n) is 1.55. The molecule has 3 nitrogen and oxygen atoms in total. The van der Waals surface area contributed by atoms with E-state index in [1.807, 2.05) is 0 Å². The summed E-state index contributed by atoms with van der Waals surface area (Å²) >= 11 is 0. The summed E-state index contributed by atoms with van der Waals surface area (Å²) in [6, 6.07) is 4.30. The minimum absolute atomic E-state index is 0.348. The highest BCUT2D eigenvalue weighted by atomic mass is 19.1. The van der Waals surface area contributed by atoms with E-state index in [0.717, 1.165) is 11.1 Å². The van der Waals surface area contributed by atoms with Crippen LogP contribution < -0.4 is 10.5 Å². The molecule has 0 atom stereocenters. The highest BCUT2D eigenvalue weighted by molar-refractivity contribution is 6.14.